The molecule has 0 bridgehead atoms. The summed E-state index contributed by atoms with van der Waals surface area (Å²) in [4.78, 5) is 23.2. The van der Waals surface area contributed by atoms with E-state index in [-0.39, 0.29) is 11.2 Å². The van der Waals surface area contributed by atoms with E-state index in [2.05, 4.69) is 5.32 Å². The first-order valence-electron chi connectivity index (χ1n) is 6.35. The number of nitrogens with one attached hydrogen (secondary N) is 1. The topological polar surface area (TPSA) is 66.4 Å². The molecule has 19 heavy (non-hydrogen) atoms. The zero-order valence-corrected chi connectivity index (χ0v) is 11.4. The summed E-state index contributed by atoms with van der Waals surface area (Å²) < 4.78 is 0. The maximum absolute atomic E-state index is 12.0. The molecule has 4 nitrogen and oxygen atoms in total. The lowest BCUT2D eigenvalue weighted by molar-refractivity contribution is -0.141. The molecule has 0 saturated carbocycles. The first-order valence-corrected chi connectivity index (χ1v) is 7.40. The molecular formula is C14H17NO3S. The molecule has 0 aromatic heterocycles. The van der Waals surface area contributed by atoms with Gasteiger partial charge in [0.05, 0.1) is 5.25 Å². The maximum atomic E-state index is 12.0. The van der Waals surface area contributed by atoms with Gasteiger partial charge in [0, 0.05) is 6.42 Å². The normalized spacial score (nSPS) is 19.9. The Balaban J connectivity index is 1.96. The van der Waals surface area contributed by atoms with Gasteiger partial charge in [-0.15, -0.1) is 11.8 Å². The van der Waals surface area contributed by atoms with Crippen LogP contribution >= 0.6 is 11.8 Å². The van der Waals surface area contributed by atoms with Gasteiger partial charge in [-0.05, 0) is 24.2 Å². The van der Waals surface area contributed by atoms with Crippen molar-refractivity contribution in [3.63, 3.8) is 0 Å². The van der Waals surface area contributed by atoms with Gasteiger partial charge in [-0.25, -0.2) is 4.79 Å². The van der Waals surface area contributed by atoms with Crippen molar-refractivity contribution in [1.82, 2.24) is 5.32 Å². The van der Waals surface area contributed by atoms with E-state index in [0.29, 0.717) is 6.42 Å². The van der Waals surface area contributed by atoms with E-state index < -0.39 is 12.0 Å². The number of carboxylic acids is 1. The Labute approximate surface area is 116 Å². The molecule has 1 heterocycles. The highest BCUT2D eigenvalue weighted by Crippen LogP contribution is 2.26. The monoisotopic (exact) mass is 279 g/mol. The van der Waals surface area contributed by atoms with Crippen LogP contribution in [0.15, 0.2) is 30.3 Å². The van der Waals surface area contributed by atoms with Crippen molar-refractivity contribution in [2.24, 2.45) is 0 Å². The van der Waals surface area contributed by atoms with Crippen molar-refractivity contribution >= 4 is 23.6 Å². The molecule has 1 amide bonds. The number of thioether (sulfide) groups is 1. The quantitative estimate of drug-likeness (QED) is 0.861. The largest absolute Gasteiger partial charge is 0.480 e. The fourth-order valence-electron chi connectivity index (χ4n) is 2.10. The van der Waals surface area contributed by atoms with Gasteiger partial charge in [-0.1, -0.05) is 30.3 Å². The molecule has 1 aromatic carbocycles. The first kappa shape index (κ1) is 13.9. The van der Waals surface area contributed by atoms with Crippen molar-refractivity contribution in [1.29, 1.82) is 0 Å². The van der Waals surface area contributed by atoms with Crippen LogP contribution in [0.1, 0.15) is 18.4 Å². The fourth-order valence-corrected chi connectivity index (χ4v) is 3.27. The van der Waals surface area contributed by atoms with Crippen LogP contribution in [-0.4, -0.2) is 34.0 Å². The lowest BCUT2D eigenvalue weighted by atomic mass is 10.1. The third-order valence-electron chi connectivity index (χ3n) is 3.12. The Bertz CT molecular complexity index is 443. The smallest absolute Gasteiger partial charge is 0.326 e. The van der Waals surface area contributed by atoms with Crippen molar-refractivity contribution in [2.75, 3.05) is 5.75 Å². The van der Waals surface area contributed by atoms with Crippen LogP contribution in [-0.2, 0) is 16.0 Å². The van der Waals surface area contributed by atoms with E-state index in [1.165, 1.54) is 0 Å². The molecule has 1 saturated heterocycles. The molecule has 2 atom stereocenters. The summed E-state index contributed by atoms with van der Waals surface area (Å²) in [5.41, 5.74) is 0.911. The van der Waals surface area contributed by atoms with Gasteiger partial charge in [0.25, 0.3) is 0 Å². The minimum Gasteiger partial charge on any atom is -0.480 e. The Morgan fingerprint density at radius 3 is 2.68 bits per heavy atom. The number of benzene rings is 1. The maximum Gasteiger partial charge on any atom is 0.326 e. The van der Waals surface area contributed by atoms with E-state index in [1.54, 1.807) is 11.8 Å². The highest BCUT2D eigenvalue weighted by molar-refractivity contribution is 8.00. The van der Waals surface area contributed by atoms with Crippen LogP contribution in [0.3, 0.4) is 0 Å². The molecule has 0 radical (unpaired) electrons. The zero-order chi connectivity index (χ0) is 13.7. The van der Waals surface area contributed by atoms with E-state index in [4.69, 9.17) is 0 Å². The second-order valence-electron chi connectivity index (χ2n) is 4.59. The Morgan fingerprint density at radius 1 is 1.37 bits per heavy atom. The SMILES string of the molecule is O=C(N[C@H](Cc1ccccc1)C(=O)O)C1CCCS1. The van der Waals surface area contributed by atoms with Crippen molar-refractivity contribution in [3.05, 3.63) is 35.9 Å². The number of carboxylic acid groups (broad SMARTS) is 1. The number of amides is 1. The first-order chi connectivity index (χ1) is 9.16. The predicted molar refractivity (Wildman–Crippen MR) is 75.2 cm³/mol. The fraction of sp³-hybridized carbons (Fsp3) is 0.429. The van der Waals surface area contributed by atoms with Crippen LogP contribution < -0.4 is 5.32 Å². The number of carbonyl (C=O) groups excluding carboxylic acids is 1. The lowest BCUT2D eigenvalue weighted by Crippen LogP contribution is -2.45. The van der Waals surface area contributed by atoms with E-state index in [9.17, 15) is 14.7 Å². The Kier molecular flexibility index (Phi) is 4.85. The molecule has 1 aliphatic rings. The second-order valence-corrected chi connectivity index (χ2v) is 5.90. The molecule has 5 heteroatoms. The minimum absolute atomic E-state index is 0.0855. The summed E-state index contributed by atoms with van der Waals surface area (Å²) in [7, 11) is 0. The van der Waals surface area contributed by atoms with Gasteiger partial charge in [0.1, 0.15) is 6.04 Å². The summed E-state index contributed by atoms with van der Waals surface area (Å²) in [5.74, 6) is -0.153. The molecule has 2 N–H and O–H groups in total. The van der Waals surface area contributed by atoms with E-state index >= 15 is 0 Å². The van der Waals surface area contributed by atoms with Gasteiger partial charge in [0.15, 0.2) is 0 Å². The number of carbonyl (C=O) groups is 2. The van der Waals surface area contributed by atoms with Gasteiger partial charge in [0.2, 0.25) is 5.91 Å². The van der Waals surface area contributed by atoms with Gasteiger partial charge >= 0.3 is 5.97 Å². The van der Waals surface area contributed by atoms with Gasteiger partial charge < -0.3 is 10.4 Å². The third-order valence-corrected chi connectivity index (χ3v) is 4.50. The van der Waals surface area contributed by atoms with Crippen LogP contribution in [0.25, 0.3) is 0 Å². The molecule has 1 aromatic rings. The third kappa shape index (κ3) is 3.99. The van der Waals surface area contributed by atoms with E-state index in [0.717, 1.165) is 24.2 Å². The minimum atomic E-state index is -0.986. The molecule has 1 unspecified atom stereocenters. The average Bonchev–Trinajstić information content (AvgIpc) is 2.93. The highest BCUT2D eigenvalue weighted by Gasteiger charge is 2.27. The standard InChI is InChI=1S/C14H17NO3S/c16-13(12-7-4-8-19-12)15-11(14(17)18)9-10-5-2-1-3-6-10/h1-3,5-6,11-12H,4,7-9H2,(H,15,16)(H,17,18)/t11-,12?/m1/s1. The molecule has 1 aliphatic heterocycles. The van der Waals surface area contributed by atoms with Crippen LogP contribution in [0.5, 0.6) is 0 Å². The number of hydrogen-bond donors (Lipinski definition) is 2. The van der Waals surface area contributed by atoms with Crippen molar-refractivity contribution in [3.8, 4) is 0 Å². The highest BCUT2D eigenvalue weighted by atomic mass is 32.2. The summed E-state index contributed by atoms with van der Waals surface area (Å²) in [6.07, 6.45) is 2.19. The van der Waals surface area contributed by atoms with Crippen LogP contribution in [0.4, 0.5) is 0 Å². The predicted octanol–water partition coefficient (Wildman–Crippen LogP) is 1.69. The molecule has 0 aliphatic carbocycles. The molecule has 102 valence electrons. The summed E-state index contributed by atoms with van der Waals surface area (Å²) in [6, 6.07) is 8.49. The van der Waals surface area contributed by atoms with Gasteiger partial charge in [-0.2, -0.15) is 0 Å². The van der Waals surface area contributed by atoms with E-state index in [1.807, 2.05) is 30.3 Å². The summed E-state index contributed by atoms with van der Waals surface area (Å²) in [5, 5.41) is 11.8. The second kappa shape index (κ2) is 6.61. The molecule has 2 rings (SSSR count). The van der Waals surface area contributed by atoms with Crippen molar-refractivity contribution < 1.29 is 14.7 Å². The Hall–Kier alpha value is -1.49. The lowest BCUT2D eigenvalue weighted by Gasteiger charge is -2.17. The van der Waals surface area contributed by atoms with Crippen LogP contribution in [0.2, 0.25) is 0 Å². The molecular weight excluding hydrogens is 262 g/mol. The number of hydrogen-bond acceptors (Lipinski definition) is 3. The molecule has 1 fully saturated rings. The average molecular weight is 279 g/mol. The van der Waals surface area contributed by atoms with Gasteiger partial charge in [-0.3, -0.25) is 4.79 Å². The zero-order valence-electron chi connectivity index (χ0n) is 10.5. The van der Waals surface area contributed by atoms with Crippen molar-refractivity contribution in [2.45, 2.75) is 30.6 Å². The van der Waals surface area contributed by atoms with Crippen LogP contribution in [0, 0.1) is 0 Å². The summed E-state index contributed by atoms with van der Waals surface area (Å²) in [6.45, 7) is 0. The summed E-state index contributed by atoms with van der Waals surface area (Å²) >= 11 is 1.61. The Morgan fingerprint density at radius 2 is 2.11 bits per heavy atom. The number of rotatable bonds is 5. The molecule has 0 spiro atoms. The number of aliphatic carboxylic acids is 1.